The summed E-state index contributed by atoms with van der Waals surface area (Å²) in [6, 6.07) is 0. The van der Waals surface area contributed by atoms with Crippen molar-refractivity contribution in [3.05, 3.63) is 12.3 Å². The molecule has 23 heavy (non-hydrogen) atoms. The Morgan fingerprint density at radius 2 is 1.65 bits per heavy atom. The predicted molar refractivity (Wildman–Crippen MR) is 104 cm³/mol. The topological polar surface area (TPSA) is 21.8 Å². The highest BCUT2D eigenvalue weighted by Crippen LogP contribution is 2.13. The van der Waals surface area contributed by atoms with Gasteiger partial charge in [0.25, 0.3) is 0 Å². The maximum atomic E-state index is 3.80. The first-order valence-corrected chi connectivity index (χ1v) is 9.46. The van der Waals surface area contributed by atoms with Gasteiger partial charge in [-0.25, -0.2) is 0 Å². The fourth-order valence-electron chi connectivity index (χ4n) is 2.72. The first kappa shape index (κ1) is 22.4. The Morgan fingerprint density at radius 1 is 1.04 bits per heavy atom. The molecular weight excluding hydrogens is 284 g/mol. The molecule has 0 aromatic carbocycles. The summed E-state index contributed by atoms with van der Waals surface area (Å²) in [6.07, 6.45) is 4.01. The van der Waals surface area contributed by atoms with E-state index >= 15 is 0 Å². The van der Waals surface area contributed by atoms with Gasteiger partial charge >= 0.3 is 0 Å². The highest BCUT2D eigenvalue weighted by molar-refractivity contribution is 4.83. The molecule has 0 atom stereocenters. The van der Waals surface area contributed by atoms with Crippen molar-refractivity contribution < 1.29 is 0 Å². The molecule has 4 nitrogen and oxygen atoms in total. The van der Waals surface area contributed by atoms with Crippen molar-refractivity contribution in [1.29, 1.82) is 0 Å². The highest BCUT2D eigenvalue weighted by atomic mass is 15.4. The maximum absolute atomic E-state index is 3.80. The summed E-state index contributed by atoms with van der Waals surface area (Å²) in [4.78, 5) is 7.24. The van der Waals surface area contributed by atoms with E-state index in [-0.39, 0.29) is 0 Å². The van der Waals surface area contributed by atoms with Crippen LogP contribution in [0.3, 0.4) is 0 Å². The molecule has 0 unspecified atom stereocenters. The van der Waals surface area contributed by atoms with Crippen molar-refractivity contribution in [2.45, 2.75) is 47.0 Å². The van der Waals surface area contributed by atoms with Crippen LogP contribution < -0.4 is 5.32 Å². The molecule has 2 aliphatic rings. The number of hydrogen-bond donors (Lipinski definition) is 1. The number of likely N-dealkylation sites (N-methyl/N-ethyl adjacent to an activating group) is 1. The molecule has 2 heterocycles. The Bertz CT molecular complexity index is 275. The Hall–Kier alpha value is -0.580. The molecule has 0 saturated carbocycles. The Labute approximate surface area is 145 Å². The number of allylic oxidation sites excluding steroid dienone is 1. The molecule has 2 aliphatic heterocycles. The summed E-state index contributed by atoms with van der Waals surface area (Å²) in [6.45, 7) is 20.6. The zero-order valence-corrected chi connectivity index (χ0v) is 16.7. The molecule has 0 amide bonds. The van der Waals surface area contributed by atoms with Crippen LogP contribution in [-0.4, -0.2) is 74.7 Å². The quantitative estimate of drug-likeness (QED) is 0.784. The van der Waals surface area contributed by atoms with Gasteiger partial charge in [0.15, 0.2) is 0 Å². The molecule has 0 bridgehead atoms. The van der Waals surface area contributed by atoms with Gasteiger partial charge in [-0.15, -0.1) is 0 Å². The minimum absolute atomic E-state index is 0.978. The van der Waals surface area contributed by atoms with Crippen LogP contribution >= 0.6 is 0 Å². The molecule has 0 spiro atoms. The number of likely N-dealkylation sites (tertiary alicyclic amines) is 1. The minimum atomic E-state index is 0.978. The summed E-state index contributed by atoms with van der Waals surface area (Å²) in [5.74, 6) is 0.978. The lowest BCUT2D eigenvalue weighted by molar-refractivity contribution is 0.230. The standard InChI is InChI=1S/C10H21N3.C7H15N.C2H6/c1-10(2)11-5-4-6-13-8-7-12(3)9-13;1-7-3-5-8(2)6-4-7;1-2/h11H,1,4-9H2,2-3H3;7H,3-6H2,1-2H3;1-2H3. The van der Waals surface area contributed by atoms with E-state index in [1.807, 2.05) is 20.8 Å². The smallest absolute Gasteiger partial charge is 0.0504 e. The van der Waals surface area contributed by atoms with Crippen LogP contribution in [0.5, 0.6) is 0 Å². The third kappa shape index (κ3) is 12.5. The van der Waals surface area contributed by atoms with Crippen molar-refractivity contribution in [2.75, 3.05) is 60.0 Å². The molecule has 0 aromatic heterocycles. The van der Waals surface area contributed by atoms with E-state index in [0.717, 1.165) is 24.8 Å². The fourth-order valence-corrected chi connectivity index (χ4v) is 2.72. The van der Waals surface area contributed by atoms with Gasteiger partial charge in [0, 0.05) is 31.9 Å². The van der Waals surface area contributed by atoms with Crippen LogP contribution in [0.25, 0.3) is 0 Å². The van der Waals surface area contributed by atoms with Gasteiger partial charge in [-0.1, -0.05) is 27.4 Å². The molecule has 4 heteroatoms. The zero-order chi connectivity index (χ0) is 17.7. The Kier molecular flexibility index (Phi) is 13.5. The second kappa shape index (κ2) is 13.8. The molecule has 138 valence electrons. The second-order valence-electron chi connectivity index (χ2n) is 6.89. The van der Waals surface area contributed by atoms with E-state index in [4.69, 9.17) is 0 Å². The summed E-state index contributed by atoms with van der Waals surface area (Å²) < 4.78 is 0. The van der Waals surface area contributed by atoms with Crippen molar-refractivity contribution in [1.82, 2.24) is 20.0 Å². The lowest BCUT2D eigenvalue weighted by atomic mass is 10.00. The third-order valence-electron chi connectivity index (χ3n) is 4.32. The van der Waals surface area contributed by atoms with Crippen LogP contribution in [0.15, 0.2) is 12.3 Å². The monoisotopic (exact) mass is 326 g/mol. The minimum Gasteiger partial charge on any atom is -0.389 e. The molecule has 0 aliphatic carbocycles. The van der Waals surface area contributed by atoms with Gasteiger partial charge in [0.2, 0.25) is 0 Å². The molecule has 2 fully saturated rings. The summed E-state index contributed by atoms with van der Waals surface area (Å²) in [7, 11) is 4.37. The number of rotatable bonds is 5. The largest absolute Gasteiger partial charge is 0.389 e. The predicted octanol–water partition coefficient (Wildman–Crippen LogP) is 3.08. The average Bonchev–Trinajstić information content (AvgIpc) is 2.95. The van der Waals surface area contributed by atoms with Gasteiger partial charge in [0.05, 0.1) is 6.67 Å². The third-order valence-corrected chi connectivity index (χ3v) is 4.32. The first-order chi connectivity index (χ1) is 11.0. The fraction of sp³-hybridized carbons (Fsp3) is 0.895. The van der Waals surface area contributed by atoms with Gasteiger partial charge in [-0.05, 0) is 59.3 Å². The van der Waals surface area contributed by atoms with E-state index in [2.05, 4.69) is 47.6 Å². The van der Waals surface area contributed by atoms with Crippen LogP contribution in [0.2, 0.25) is 0 Å². The van der Waals surface area contributed by atoms with Gasteiger partial charge in [0.1, 0.15) is 0 Å². The first-order valence-electron chi connectivity index (χ1n) is 9.46. The Balaban J connectivity index is 0.000000414. The summed E-state index contributed by atoms with van der Waals surface area (Å²) >= 11 is 0. The van der Waals surface area contributed by atoms with Crippen molar-refractivity contribution in [2.24, 2.45) is 5.92 Å². The number of nitrogens with one attached hydrogen (secondary N) is 1. The summed E-state index contributed by atoms with van der Waals surface area (Å²) in [5.41, 5.74) is 1.07. The number of piperidine rings is 1. The lowest BCUT2D eigenvalue weighted by Gasteiger charge is -2.26. The zero-order valence-electron chi connectivity index (χ0n) is 16.7. The van der Waals surface area contributed by atoms with Gasteiger partial charge < -0.3 is 10.2 Å². The van der Waals surface area contributed by atoms with Gasteiger partial charge in [-0.3, -0.25) is 9.80 Å². The second-order valence-corrected chi connectivity index (χ2v) is 6.89. The van der Waals surface area contributed by atoms with Crippen molar-refractivity contribution in [3.63, 3.8) is 0 Å². The van der Waals surface area contributed by atoms with Crippen LogP contribution in [0, 0.1) is 5.92 Å². The van der Waals surface area contributed by atoms with Crippen molar-refractivity contribution >= 4 is 0 Å². The van der Waals surface area contributed by atoms with E-state index in [0.29, 0.717) is 0 Å². The molecular formula is C19H42N4. The molecule has 2 rings (SSSR count). The SMILES string of the molecule is C=C(C)NCCCN1CCN(C)C1.CC.CC1CCN(C)CC1. The maximum Gasteiger partial charge on any atom is 0.0504 e. The number of hydrogen-bond acceptors (Lipinski definition) is 4. The lowest BCUT2D eigenvalue weighted by Crippen LogP contribution is -2.28. The van der Waals surface area contributed by atoms with Gasteiger partial charge in [-0.2, -0.15) is 0 Å². The van der Waals surface area contributed by atoms with E-state index in [1.165, 1.54) is 52.0 Å². The van der Waals surface area contributed by atoms with Crippen LogP contribution in [0.4, 0.5) is 0 Å². The van der Waals surface area contributed by atoms with E-state index in [9.17, 15) is 0 Å². The Morgan fingerprint density at radius 3 is 2.09 bits per heavy atom. The van der Waals surface area contributed by atoms with E-state index < -0.39 is 0 Å². The average molecular weight is 327 g/mol. The highest BCUT2D eigenvalue weighted by Gasteiger charge is 2.14. The van der Waals surface area contributed by atoms with Crippen LogP contribution in [0.1, 0.15) is 47.0 Å². The molecule has 0 aromatic rings. The van der Waals surface area contributed by atoms with Crippen LogP contribution in [-0.2, 0) is 0 Å². The number of nitrogens with zero attached hydrogens (tertiary/aromatic N) is 3. The molecule has 0 radical (unpaired) electrons. The van der Waals surface area contributed by atoms with Crippen molar-refractivity contribution in [3.8, 4) is 0 Å². The van der Waals surface area contributed by atoms with E-state index in [1.54, 1.807) is 0 Å². The summed E-state index contributed by atoms with van der Waals surface area (Å²) in [5, 5.41) is 3.25. The molecule has 2 saturated heterocycles. The molecule has 1 N–H and O–H groups in total. The normalized spacial score (nSPS) is 20.3.